The van der Waals surface area contributed by atoms with Crippen molar-refractivity contribution in [1.82, 2.24) is 0 Å². The molecule has 112 valence electrons. The average molecular weight is 284 g/mol. The molecule has 0 heterocycles. The SMILES string of the molecule is Cc1ccc(Oc2cccc(N(C)C)c2)c(CC(C)N)c1. The van der Waals surface area contributed by atoms with Gasteiger partial charge in [0.2, 0.25) is 0 Å². The van der Waals surface area contributed by atoms with Gasteiger partial charge in [-0.25, -0.2) is 0 Å². The molecule has 2 aromatic carbocycles. The Kier molecular flexibility index (Phi) is 4.86. The topological polar surface area (TPSA) is 38.5 Å². The van der Waals surface area contributed by atoms with E-state index in [2.05, 4.69) is 30.0 Å². The number of anilines is 1. The normalized spacial score (nSPS) is 12.0. The molecule has 1 atom stereocenters. The molecule has 2 rings (SSSR count). The third-order valence-electron chi connectivity index (χ3n) is 3.32. The average Bonchev–Trinajstić information content (AvgIpc) is 2.41. The van der Waals surface area contributed by atoms with Crippen LogP contribution in [0.4, 0.5) is 5.69 Å². The summed E-state index contributed by atoms with van der Waals surface area (Å²) in [5.74, 6) is 1.73. The van der Waals surface area contributed by atoms with E-state index in [-0.39, 0.29) is 6.04 Å². The molecule has 0 saturated heterocycles. The van der Waals surface area contributed by atoms with Crippen LogP contribution in [0.15, 0.2) is 42.5 Å². The van der Waals surface area contributed by atoms with Crippen molar-refractivity contribution in [2.45, 2.75) is 26.3 Å². The van der Waals surface area contributed by atoms with Crippen LogP contribution in [0, 0.1) is 6.92 Å². The molecule has 0 aliphatic carbocycles. The standard InChI is InChI=1S/C18H24N2O/c1-13-8-9-18(15(10-13)11-14(2)19)21-17-7-5-6-16(12-17)20(3)4/h5-10,12,14H,11,19H2,1-4H3. The summed E-state index contributed by atoms with van der Waals surface area (Å²) in [4.78, 5) is 2.06. The van der Waals surface area contributed by atoms with Gasteiger partial charge >= 0.3 is 0 Å². The van der Waals surface area contributed by atoms with Gasteiger partial charge in [0.25, 0.3) is 0 Å². The summed E-state index contributed by atoms with van der Waals surface area (Å²) in [6.45, 7) is 4.10. The quantitative estimate of drug-likeness (QED) is 0.909. The van der Waals surface area contributed by atoms with E-state index in [1.54, 1.807) is 0 Å². The van der Waals surface area contributed by atoms with Gasteiger partial charge in [0, 0.05) is 31.9 Å². The lowest BCUT2D eigenvalue weighted by Gasteiger charge is -2.16. The molecule has 0 fully saturated rings. The Morgan fingerprint density at radius 3 is 2.57 bits per heavy atom. The fourth-order valence-corrected chi connectivity index (χ4v) is 2.27. The molecule has 0 saturated carbocycles. The summed E-state index contributed by atoms with van der Waals surface area (Å²) in [6, 6.07) is 14.4. The Bertz CT molecular complexity index is 606. The highest BCUT2D eigenvalue weighted by Gasteiger charge is 2.08. The summed E-state index contributed by atoms with van der Waals surface area (Å²) in [5, 5.41) is 0. The van der Waals surface area contributed by atoms with Gasteiger partial charge < -0.3 is 15.4 Å². The van der Waals surface area contributed by atoms with E-state index in [4.69, 9.17) is 10.5 Å². The first-order valence-corrected chi connectivity index (χ1v) is 7.26. The van der Waals surface area contributed by atoms with E-state index >= 15 is 0 Å². The maximum atomic E-state index is 6.07. The third-order valence-corrected chi connectivity index (χ3v) is 3.32. The molecule has 0 radical (unpaired) electrons. The Morgan fingerprint density at radius 1 is 1.14 bits per heavy atom. The molecule has 0 amide bonds. The number of aryl methyl sites for hydroxylation is 1. The summed E-state index contributed by atoms with van der Waals surface area (Å²) in [7, 11) is 4.04. The first kappa shape index (κ1) is 15.4. The molecule has 2 aromatic rings. The lowest BCUT2D eigenvalue weighted by Crippen LogP contribution is -2.18. The van der Waals surface area contributed by atoms with E-state index < -0.39 is 0 Å². The van der Waals surface area contributed by atoms with Gasteiger partial charge in [-0.05, 0) is 44.0 Å². The van der Waals surface area contributed by atoms with Crippen molar-refractivity contribution < 1.29 is 4.74 Å². The van der Waals surface area contributed by atoms with Crippen LogP contribution in [-0.4, -0.2) is 20.1 Å². The monoisotopic (exact) mass is 284 g/mol. The molecular weight excluding hydrogens is 260 g/mol. The molecule has 0 spiro atoms. The smallest absolute Gasteiger partial charge is 0.130 e. The highest BCUT2D eigenvalue weighted by atomic mass is 16.5. The lowest BCUT2D eigenvalue weighted by molar-refractivity contribution is 0.473. The van der Waals surface area contributed by atoms with E-state index in [0.29, 0.717) is 0 Å². The van der Waals surface area contributed by atoms with Crippen LogP contribution in [0.5, 0.6) is 11.5 Å². The number of nitrogens with zero attached hydrogens (tertiary/aromatic N) is 1. The van der Waals surface area contributed by atoms with Gasteiger partial charge in [-0.2, -0.15) is 0 Å². The molecule has 0 bridgehead atoms. The first-order valence-electron chi connectivity index (χ1n) is 7.26. The molecule has 0 aliphatic rings. The summed E-state index contributed by atoms with van der Waals surface area (Å²) >= 11 is 0. The van der Waals surface area contributed by atoms with E-state index in [1.165, 1.54) is 5.56 Å². The Hall–Kier alpha value is -2.00. The minimum Gasteiger partial charge on any atom is -0.457 e. The van der Waals surface area contributed by atoms with Crippen LogP contribution < -0.4 is 15.4 Å². The molecular formula is C18H24N2O. The van der Waals surface area contributed by atoms with Crippen molar-refractivity contribution in [2.75, 3.05) is 19.0 Å². The summed E-state index contributed by atoms with van der Waals surface area (Å²) < 4.78 is 6.07. The van der Waals surface area contributed by atoms with Gasteiger partial charge in [0.05, 0.1) is 0 Å². The predicted molar refractivity (Wildman–Crippen MR) is 89.4 cm³/mol. The molecule has 3 heteroatoms. The fraction of sp³-hybridized carbons (Fsp3) is 0.333. The maximum absolute atomic E-state index is 6.07. The van der Waals surface area contributed by atoms with Crippen LogP contribution >= 0.6 is 0 Å². The van der Waals surface area contributed by atoms with Crippen LogP contribution in [0.1, 0.15) is 18.1 Å². The summed E-state index contributed by atoms with van der Waals surface area (Å²) in [5.41, 5.74) is 9.43. The fourth-order valence-electron chi connectivity index (χ4n) is 2.27. The van der Waals surface area contributed by atoms with Crippen LogP contribution in [-0.2, 0) is 6.42 Å². The maximum Gasteiger partial charge on any atom is 0.130 e. The second kappa shape index (κ2) is 6.64. The van der Waals surface area contributed by atoms with Gasteiger partial charge in [-0.3, -0.25) is 0 Å². The minimum atomic E-state index is 0.113. The second-order valence-electron chi connectivity index (χ2n) is 5.79. The highest BCUT2D eigenvalue weighted by molar-refractivity contribution is 5.51. The number of benzene rings is 2. The van der Waals surface area contributed by atoms with Crippen molar-refractivity contribution in [2.24, 2.45) is 5.73 Å². The van der Waals surface area contributed by atoms with Crippen molar-refractivity contribution in [3.63, 3.8) is 0 Å². The van der Waals surface area contributed by atoms with Crippen molar-refractivity contribution in [3.8, 4) is 11.5 Å². The number of hydrogen-bond acceptors (Lipinski definition) is 3. The zero-order valence-corrected chi connectivity index (χ0v) is 13.3. The van der Waals surface area contributed by atoms with Crippen LogP contribution in [0.2, 0.25) is 0 Å². The van der Waals surface area contributed by atoms with E-state index in [1.807, 2.05) is 45.3 Å². The zero-order chi connectivity index (χ0) is 15.4. The zero-order valence-electron chi connectivity index (χ0n) is 13.3. The third kappa shape index (κ3) is 4.23. The largest absolute Gasteiger partial charge is 0.457 e. The molecule has 0 aromatic heterocycles. The van der Waals surface area contributed by atoms with Gasteiger partial charge in [-0.15, -0.1) is 0 Å². The number of ether oxygens (including phenoxy) is 1. The Morgan fingerprint density at radius 2 is 1.90 bits per heavy atom. The Balaban J connectivity index is 2.28. The van der Waals surface area contributed by atoms with Crippen molar-refractivity contribution >= 4 is 5.69 Å². The number of hydrogen-bond donors (Lipinski definition) is 1. The minimum absolute atomic E-state index is 0.113. The summed E-state index contributed by atoms with van der Waals surface area (Å²) in [6.07, 6.45) is 0.810. The van der Waals surface area contributed by atoms with Crippen molar-refractivity contribution in [3.05, 3.63) is 53.6 Å². The lowest BCUT2D eigenvalue weighted by atomic mass is 10.0. The van der Waals surface area contributed by atoms with Crippen molar-refractivity contribution in [1.29, 1.82) is 0 Å². The Labute approximate surface area is 127 Å². The van der Waals surface area contributed by atoms with E-state index in [0.717, 1.165) is 29.2 Å². The molecule has 2 N–H and O–H groups in total. The number of rotatable bonds is 5. The second-order valence-corrected chi connectivity index (χ2v) is 5.79. The predicted octanol–water partition coefficient (Wildman–Crippen LogP) is 3.74. The van der Waals surface area contributed by atoms with Crippen LogP contribution in [0.25, 0.3) is 0 Å². The molecule has 3 nitrogen and oxygen atoms in total. The molecule has 1 unspecified atom stereocenters. The van der Waals surface area contributed by atoms with Crippen LogP contribution in [0.3, 0.4) is 0 Å². The molecule has 0 aliphatic heterocycles. The van der Waals surface area contributed by atoms with Gasteiger partial charge in [0.1, 0.15) is 11.5 Å². The van der Waals surface area contributed by atoms with E-state index in [9.17, 15) is 0 Å². The van der Waals surface area contributed by atoms with Gasteiger partial charge in [-0.1, -0.05) is 23.8 Å². The number of nitrogens with two attached hydrogens (primary N) is 1. The highest BCUT2D eigenvalue weighted by Crippen LogP contribution is 2.29. The first-order chi connectivity index (χ1) is 9.95. The van der Waals surface area contributed by atoms with Gasteiger partial charge in [0.15, 0.2) is 0 Å². The molecule has 21 heavy (non-hydrogen) atoms.